The summed E-state index contributed by atoms with van der Waals surface area (Å²) >= 11 is 0. The molecule has 22 valence electrons. The number of hydrogen-bond acceptors (Lipinski definition) is 0. The van der Waals surface area contributed by atoms with E-state index in [0.29, 0.717) is 0 Å². The van der Waals surface area contributed by atoms with E-state index in [-0.39, 0.29) is 0 Å². The van der Waals surface area contributed by atoms with Crippen molar-refractivity contribution in [2.45, 2.75) is 6.92 Å². The summed E-state index contributed by atoms with van der Waals surface area (Å²) in [6.07, 6.45) is 0. The van der Waals surface area contributed by atoms with Crippen LogP contribution < -0.4 is 0 Å². The van der Waals surface area contributed by atoms with Crippen molar-refractivity contribution in [2.24, 2.45) is 0 Å². The summed E-state index contributed by atoms with van der Waals surface area (Å²) in [5.74, 6) is 2.06. The molecule has 0 aliphatic rings. The van der Waals surface area contributed by atoms with Crippen molar-refractivity contribution in [3.05, 3.63) is 0 Å². The van der Waals surface area contributed by atoms with Crippen LogP contribution in [0.15, 0.2) is 0 Å². The molecule has 0 saturated carbocycles. The summed E-state index contributed by atoms with van der Waals surface area (Å²) < 4.78 is 0. The Hall–Kier alpha value is 0.152. The molecule has 0 N–H and O–H groups in total. The summed E-state index contributed by atoms with van der Waals surface area (Å²) in [6, 6.07) is 0. The van der Waals surface area contributed by atoms with Crippen molar-refractivity contribution in [2.75, 3.05) is 0 Å². The van der Waals surface area contributed by atoms with Gasteiger partial charge >= 0.3 is 29.5 Å². The summed E-state index contributed by atoms with van der Waals surface area (Å²) in [6.45, 7) is 4.17. The van der Waals surface area contributed by atoms with Gasteiger partial charge in [0.15, 0.2) is 0 Å². The second kappa shape index (κ2) is 3.15. The third kappa shape index (κ3) is 2.15. The predicted molar refractivity (Wildman–Crippen MR) is 27.4 cm³/mol. The zero-order chi connectivity index (χ0) is 3.41. The van der Waals surface area contributed by atoms with Crippen molar-refractivity contribution in [3.63, 3.8) is 0 Å². The monoisotopic (exact) mass is 70.0 g/mol. The Morgan fingerprint density at radius 1 is 2.00 bits per heavy atom. The minimum atomic E-state index is 1.21. The van der Waals surface area contributed by atoms with Gasteiger partial charge in [-0.2, -0.15) is 0 Å². The van der Waals surface area contributed by atoms with Gasteiger partial charge in [0.05, 0.1) is 0 Å². The van der Waals surface area contributed by atoms with Crippen LogP contribution in [0.4, 0.5) is 0 Å². The predicted octanol–water partition coefficient (Wildman–Crippen LogP) is -1.21. The van der Waals surface area contributed by atoms with E-state index in [0.717, 1.165) is 0 Å². The summed E-state index contributed by atoms with van der Waals surface area (Å²) in [7, 11) is 1.21. The van der Waals surface area contributed by atoms with Crippen LogP contribution in [-0.4, -0.2) is 22.6 Å². The first-order valence-electron chi connectivity index (χ1n) is 1.49. The van der Waals surface area contributed by atoms with Crippen LogP contribution >= 0.6 is 0 Å². The van der Waals surface area contributed by atoms with Gasteiger partial charge in [0, 0.05) is 0 Å². The van der Waals surface area contributed by atoms with Crippen LogP contribution in [0.5, 0.6) is 0 Å². The fraction of sp³-hybridized carbons (Fsp3) is 0.500. The Labute approximate surface area is 30.5 Å². The molecule has 0 bridgehead atoms. The summed E-state index contributed by atoms with van der Waals surface area (Å²) in [5, 5.41) is 0. The first kappa shape index (κ1) is 4.15. The van der Waals surface area contributed by atoms with E-state index < -0.39 is 0 Å². The Morgan fingerprint density at radius 3 is 2.25 bits per heavy atom. The van der Waals surface area contributed by atoms with E-state index in [2.05, 4.69) is 12.5 Å². The van der Waals surface area contributed by atoms with Crippen LogP contribution in [-0.2, 0) is 0 Å². The second-order valence-electron chi connectivity index (χ2n) is 0.667. The van der Waals surface area contributed by atoms with E-state index in [9.17, 15) is 0 Å². The Bertz CT molecular complexity index is 21.2. The molecule has 0 unspecified atom stereocenters. The molecule has 0 amide bonds. The number of hydrogen-bond donors (Lipinski definition) is 0. The van der Waals surface area contributed by atoms with Gasteiger partial charge in [-0.05, 0) is 0 Å². The quantitative estimate of drug-likeness (QED) is 0.314. The maximum atomic E-state index is 2.14. The standard InChI is InChI=1S/C2H7BSi/c1-2-3-4/h2H,1,4H3. The number of rotatable bonds is 0. The molecule has 0 atom stereocenters. The van der Waals surface area contributed by atoms with Crippen molar-refractivity contribution in [1.82, 2.24) is 0 Å². The first-order chi connectivity index (χ1) is 1.91. The van der Waals surface area contributed by atoms with Gasteiger partial charge in [-0.3, -0.25) is 0 Å². The fourth-order valence-electron chi connectivity index (χ4n) is 0. The van der Waals surface area contributed by atoms with E-state index in [4.69, 9.17) is 0 Å². The van der Waals surface area contributed by atoms with Gasteiger partial charge in [-0.1, -0.05) is 0 Å². The van der Waals surface area contributed by atoms with E-state index in [1.807, 2.05) is 6.92 Å². The molecular formula is C2H7BSi. The third-order valence-electron chi connectivity index (χ3n) is 0.333. The van der Waals surface area contributed by atoms with Crippen molar-refractivity contribution < 1.29 is 0 Å². The zero-order valence-electron chi connectivity index (χ0n) is 3.15. The molecule has 0 aliphatic carbocycles. The van der Waals surface area contributed by atoms with E-state index in [1.54, 1.807) is 0 Å². The topological polar surface area (TPSA) is 0 Å². The molecule has 0 aromatic carbocycles. The molecule has 0 saturated heterocycles. The fourth-order valence-corrected chi connectivity index (χ4v) is 0. The molecule has 0 spiro atoms. The zero-order valence-corrected chi connectivity index (χ0v) is 5.15. The van der Waals surface area contributed by atoms with Crippen LogP contribution in [0.25, 0.3) is 0 Å². The van der Waals surface area contributed by atoms with E-state index in [1.165, 1.54) is 10.1 Å². The molecule has 4 heavy (non-hydrogen) atoms. The van der Waals surface area contributed by atoms with Gasteiger partial charge in [-0.15, -0.1) is 0 Å². The average molecular weight is 70.0 g/mol. The van der Waals surface area contributed by atoms with Crippen molar-refractivity contribution >= 4 is 22.6 Å². The summed E-state index contributed by atoms with van der Waals surface area (Å²) in [4.78, 5) is 0. The van der Waals surface area contributed by atoms with Gasteiger partial charge in [-0.25, -0.2) is 0 Å². The molecule has 0 radical (unpaired) electrons. The van der Waals surface area contributed by atoms with Crippen LogP contribution in [0, 0.1) is 0 Å². The van der Waals surface area contributed by atoms with Crippen LogP contribution in [0.3, 0.4) is 0 Å². The maximum absolute atomic E-state index is 2.14. The second-order valence-corrected chi connectivity index (χ2v) is 1.33. The SMILES string of the molecule is CC=B[SiH3]. The van der Waals surface area contributed by atoms with Gasteiger partial charge < -0.3 is 0 Å². The molecule has 0 nitrogen and oxygen atoms in total. The van der Waals surface area contributed by atoms with Crippen molar-refractivity contribution in [3.8, 4) is 0 Å². The molecule has 2 heteroatoms. The van der Waals surface area contributed by atoms with Gasteiger partial charge in [0.25, 0.3) is 0 Å². The molecule has 0 aliphatic heterocycles. The first-order valence-corrected chi connectivity index (χ1v) is 2.64. The molecule has 0 fully saturated rings. The molecular weight excluding hydrogens is 62.9 g/mol. The Balaban J connectivity index is 2.55. The average Bonchev–Trinajstić information content (AvgIpc) is 1.37. The van der Waals surface area contributed by atoms with Crippen molar-refractivity contribution in [1.29, 1.82) is 0 Å². The Morgan fingerprint density at radius 2 is 2.25 bits per heavy atom. The van der Waals surface area contributed by atoms with Crippen LogP contribution in [0.1, 0.15) is 6.92 Å². The Kier molecular flexibility index (Phi) is 3.27. The normalized spacial score (nSPS) is 8.25. The molecule has 0 aromatic heterocycles. The molecule has 0 heterocycles. The summed E-state index contributed by atoms with van der Waals surface area (Å²) in [5.41, 5.74) is 0. The van der Waals surface area contributed by atoms with E-state index >= 15 is 0 Å². The molecule has 0 aromatic rings. The molecule has 0 rings (SSSR count). The van der Waals surface area contributed by atoms with Gasteiger partial charge in [0.1, 0.15) is 0 Å². The van der Waals surface area contributed by atoms with Crippen LogP contribution in [0.2, 0.25) is 0 Å². The van der Waals surface area contributed by atoms with Gasteiger partial charge in [0.2, 0.25) is 0 Å². The third-order valence-corrected chi connectivity index (χ3v) is 1.00. The minimum absolute atomic E-state index is 1.21.